The number of para-hydroxylation sites is 1. The highest BCUT2D eigenvalue weighted by atomic mass is 19.3. The molecule has 0 aromatic heterocycles. The van der Waals surface area contributed by atoms with Gasteiger partial charge in [0.2, 0.25) is 0 Å². The number of hydrogen-bond acceptors (Lipinski definition) is 3. The fourth-order valence-corrected chi connectivity index (χ4v) is 2.09. The quantitative estimate of drug-likeness (QED) is 0.816. The molecule has 1 aromatic carbocycles. The van der Waals surface area contributed by atoms with Gasteiger partial charge in [-0.1, -0.05) is 24.3 Å². The SMILES string of the molecule is O=C(NC1C=CC(C(=O)O)C1)c1ccccc1OC(F)F. The highest BCUT2D eigenvalue weighted by molar-refractivity contribution is 5.97. The van der Waals surface area contributed by atoms with Crippen LogP contribution >= 0.6 is 0 Å². The first-order chi connectivity index (χ1) is 9.97. The number of carbonyl (C=O) groups excluding carboxylic acids is 1. The van der Waals surface area contributed by atoms with Crippen LogP contribution in [0.1, 0.15) is 16.8 Å². The van der Waals surface area contributed by atoms with Crippen molar-refractivity contribution in [3.63, 3.8) is 0 Å². The lowest BCUT2D eigenvalue weighted by atomic mass is 10.1. The molecule has 0 radical (unpaired) electrons. The van der Waals surface area contributed by atoms with Gasteiger partial charge in [0.15, 0.2) is 0 Å². The van der Waals surface area contributed by atoms with Crippen LogP contribution in [-0.2, 0) is 4.79 Å². The molecule has 1 aromatic rings. The van der Waals surface area contributed by atoms with Crippen LogP contribution in [0.5, 0.6) is 5.75 Å². The fraction of sp³-hybridized carbons (Fsp3) is 0.286. The number of halogens is 2. The van der Waals surface area contributed by atoms with E-state index in [1.54, 1.807) is 6.08 Å². The zero-order chi connectivity index (χ0) is 15.4. The Balaban J connectivity index is 2.05. The van der Waals surface area contributed by atoms with E-state index in [0.717, 1.165) is 0 Å². The summed E-state index contributed by atoms with van der Waals surface area (Å²) in [4.78, 5) is 22.9. The molecule has 2 unspecified atom stereocenters. The van der Waals surface area contributed by atoms with Crippen LogP contribution in [0.3, 0.4) is 0 Å². The van der Waals surface area contributed by atoms with Crippen molar-refractivity contribution < 1.29 is 28.2 Å². The highest BCUT2D eigenvalue weighted by Gasteiger charge is 2.26. The molecule has 21 heavy (non-hydrogen) atoms. The first-order valence-corrected chi connectivity index (χ1v) is 6.23. The molecule has 1 amide bonds. The average molecular weight is 297 g/mol. The smallest absolute Gasteiger partial charge is 0.387 e. The molecule has 1 aliphatic rings. The van der Waals surface area contributed by atoms with Crippen molar-refractivity contribution in [3.8, 4) is 5.75 Å². The molecule has 0 spiro atoms. The lowest BCUT2D eigenvalue weighted by molar-refractivity contribution is -0.140. The number of rotatable bonds is 5. The van der Waals surface area contributed by atoms with Crippen molar-refractivity contribution in [1.29, 1.82) is 0 Å². The van der Waals surface area contributed by atoms with Crippen LogP contribution < -0.4 is 10.1 Å². The van der Waals surface area contributed by atoms with Gasteiger partial charge in [-0.05, 0) is 18.6 Å². The molecule has 112 valence electrons. The van der Waals surface area contributed by atoms with E-state index in [9.17, 15) is 18.4 Å². The number of nitrogens with one attached hydrogen (secondary N) is 1. The zero-order valence-electron chi connectivity index (χ0n) is 10.8. The lowest BCUT2D eigenvalue weighted by Crippen LogP contribution is -2.33. The van der Waals surface area contributed by atoms with Gasteiger partial charge in [-0.3, -0.25) is 9.59 Å². The molecule has 0 bridgehead atoms. The van der Waals surface area contributed by atoms with Crippen LogP contribution in [0.2, 0.25) is 0 Å². The minimum atomic E-state index is -3.03. The topological polar surface area (TPSA) is 75.6 Å². The number of hydrogen-bond donors (Lipinski definition) is 2. The Morgan fingerprint density at radius 3 is 2.62 bits per heavy atom. The predicted molar refractivity (Wildman–Crippen MR) is 69.2 cm³/mol. The largest absolute Gasteiger partial charge is 0.481 e. The third-order valence-electron chi connectivity index (χ3n) is 3.07. The molecule has 5 nitrogen and oxygen atoms in total. The molecule has 2 rings (SSSR count). The molecular weight excluding hydrogens is 284 g/mol. The molecule has 2 atom stereocenters. The Kier molecular flexibility index (Phi) is 4.52. The molecule has 7 heteroatoms. The first kappa shape index (κ1) is 15.0. The molecule has 2 N–H and O–H groups in total. The van der Waals surface area contributed by atoms with Gasteiger partial charge in [-0.25, -0.2) is 0 Å². The van der Waals surface area contributed by atoms with E-state index >= 15 is 0 Å². The minimum Gasteiger partial charge on any atom is -0.481 e. The zero-order valence-corrected chi connectivity index (χ0v) is 10.8. The number of carboxylic acids is 1. The molecule has 0 saturated heterocycles. The van der Waals surface area contributed by atoms with Crippen LogP contribution in [0.25, 0.3) is 0 Å². The second-order valence-electron chi connectivity index (χ2n) is 4.52. The predicted octanol–water partition coefficient (Wildman–Crippen LogP) is 2.05. The van der Waals surface area contributed by atoms with E-state index in [2.05, 4.69) is 10.1 Å². The molecule has 0 aliphatic heterocycles. The summed E-state index contributed by atoms with van der Waals surface area (Å²) in [5.41, 5.74) is -0.0232. The molecular formula is C14H13F2NO4. The average Bonchev–Trinajstić information content (AvgIpc) is 2.87. The summed E-state index contributed by atoms with van der Waals surface area (Å²) in [5, 5.41) is 11.4. The third-order valence-corrected chi connectivity index (χ3v) is 3.07. The Hall–Kier alpha value is -2.44. The number of aliphatic carboxylic acids is 1. The van der Waals surface area contributed by atoms with E-state index in [4.69, 9.17) is 5.11 Å². The summed E-state index contributed by atoms with van der Waals surface area (Å²) in [6.45, 7) is -3.03. The Morgan fingerprint density at radius 1 is 1.29 bits per heavy atom. The first-order valence-electron chi connectivity index (χ1n) is 6.23. The summed E-state index contributed by atoms with van der Waals surface area (Å²) in [6, 6.07) is 5.19. The van der Waals surface area contributed by atoms with Gasteiger partial charge >= 0.3 is 12.6 Å². The number of benzene rings is 1. The van der Waals surface area contributed by atoms with Gasteiger partial charge in [-0.15, -0.1) is 0 Å². The Morgan fingerprint density at radius 2 is 2.00 bits per heavy atom. The van der Waals surface area contributed by atoms with Gasteiger partial charge in [0.1, 0.15) is 5.75 Å². The highest BCUT2D eigenvalue weighted by Crippen LogP contribution is 2.22. The van der Waals surface area contributed by atoms with E-state index in [1.807, 2.05) is 0 Å². The monoisotopic (exact) mass is 297 g/mol. The maximum atomic E-state index is 12.3. The van der Waals surface area contributed by atoms with Gasteiger partial charge in [0.25, 0.3) is 5.91 Å². The van der Waals surface area contributed by atoms with Crippen LogP contribution in [-0.4, -0.2) is 29.6 Å². The molecule has 0 saturated carbocycles. The van der Waals surface area contributed by atoms with E-state index < -0.39 is 30.4 Å². The van der Waals surface area contributed by atoms with Crippen molar-refractivity contribution in [2.45, 2.75) is 19.1 Å². The summed E-state index contributed by atoms with van der Waals surface area (Å²) < 4.78 is 28.8. The number of alkyl halides is 2. The van der Waals surface area contributed by atoms with Gasteiger partial charge in [0, 0.05) is 6.04 Å². The van der Waals surface area contributed by atoms with Crippen LogP contribution in [0.15, 0.2) is 36.4 Å². The van der Waals surface area contributed by atoms with E-state index in [1.165, 1.54) is 30.3 Å². The standard InChI is InChI=1S/C14H13F2NO4/c15-14(16)21-11-4-2-1-3-10(11)12(18)17-9-6-5-8(7-9)13(19)20/h1-6,8-9,14H,7H2,(H,17,18)(H,19,20). The maximum absolute atomic E-state index is 12.3. The van der Waals surface area contributed by atoms with Crippen molar-refractivity contribution in [1.82, 2.24) is 5.32 Å². The molecule has 0 heterocycles. The Bertz CT molecular complexity index is 574. The van der Waals surface area contributed by atoms with Gasteiger partial charge in [-0.2, -0.15) is 8.78 Å². The lowest BCUT2D eigenvalue weighted by Gasteiger charge is -2.14. The number of carbonyl (C=O) groups is 2. The van der Waals surface area contributed by atoms with Crippen molar-refractivity contribution in [2.24, 2.45) is 5.92 Å². The molecule has 0 fully saturated rings. The second-order valence-corrected chi connectivity index (χ2v) is 4.52. The van der Waals surface area contributed by atoms with Crippen molar-refractivity contribution >= 4 is 11.9 Å². The molecule has 1 aliphatic carbocycles. The van der Waals surface area contributed by atoms with Crippen molar-refractivity contribution in [2.75, 3.05) is 0 Å². The summed E-state index contributed by atoms with van der Waals surface area (Å²) in [5.74, 6) is -2.43. The van der Waals surface area contributed by atoms with Gasteiger partial charge < -0.3 is 15.2 Å². The third kappa shape index (κ3) is 3.77. The minimum absolute atomic E-state index is 0.0232. The number of amides is 1. The van der Waals surface area contributed by atoms with Crippen molar-refractivity contribution in [3.05, 3.63) is 42.0 Å². The normalized spacial score (nSPS) is 20.5. The van der Waals surface area contributed by atoms with E-state index in [-0.39, 0.29) is 17.7 Å². The van der Waals surface area contributed by atoms with Crippen LogP contribution in [0, 0.1) is 5.92 Å². The summed E-state index contributed by atoms with van der Waals surface area (Å²) in [6.07, 6.45) is 3.31. The fourth-order valence-electron chi connectivity index (χ4n) is 2.09. The summed E-state index contributed by atoms with van der Waals surface area (Å²) >= 11 is 0. The second kappa shape index (κ2) is 6.34. The number of carboxylic acid groups (broad SMARTS) is 1. The summed E-state index contributed by atoms with van der Waals surface area (Å²) in [7, 11) is 0. The maximum Gasteiger partial charge on any atom is 0.387 e. The number of ether oxygens (including phenoxy) is 1. The van der Waals surface area contributed by atoms with E-state index in [0.29, 0.717) is 0 Å². The Labute approximate surface area is 119 Å². The van der Waals surface area contributed by atoms with Crippen LogP contribution in [0.4, 0.5) is 8.78 Å². The van der Waals surface area contributed by atoms with Gasteiger partial charge in [0.05, 0.1) is 11.5 Å².